The van der Waals surface area contributed by atoms with Gasteiger partial charge in [-0.3, -0.25) is 4.79 Å². The maximum atomic E-state index is 12.8. The van der Waals surface area contributed by atoms with E-state index in [0.29, 0.717) is 13.0 Å². The van der Waals surface area contributed by atoms with Crippen LogP contribution in [0.25, 0.3) is 0 Å². The summed E-state index contributed by atoms with van der Waals surface area (Å²) in [4.78, 5) is 14.7. The Morgan fingerprint density at radius 2 is 2.17 bits per heavy atom. The second kappa shape index (κ2) is 6.02. The van der Waals surface area contributed by atoms with E-state index >= 15 is 0 Å². The first-order chi connectivity index (χ1) is 11.3. The quantitative estimate of drug-likeness (QED) is 0.842. The molecule has 0 radical (unpaired) electrons. The second-order valence-electron chi connectivity index (χ2n) is 6.21. The smallest absolute Gasteiger partial charge is 0.231 e. The first kappa shape index (κ1) is 14.8. The second-order valence-corrected chi connectivity index (χ2v) is 6.21. The van der Waals surface area contributed by atoms with Crippen LogP contribution in [0.3, 0.4) is 0 Å². The van der Waals surface area contributed by atoms with Crippen LogP contribution in [-0.4, -0.2) is 56.1 Å². The van der Waals surface area contributed by atoms with Gasteiger partial charge in [0.25, 0.3) is 0 Å². The number of hydrogen-bond acceptors (Lipinski definition) is 5. The van der Waals surface area contributed by atoms with E-state index in [1.807, 2.05) is 23.1 Å². The number of ether oxygens (including phenoxy) is 4. The number of amides is 1. The molecule has 4 rings (SSSR count). The lowest BCUT2D eigenvalue weighted by Gasteiger charge is -2.40. The summed E-state index contributed by atoms with van der Waals surface area (Å²) in [5.74, 6) is 1.60. The van der Waals surface area contributed by atoms with Crippen LogP contribution in [0.2, 0.25) is 0 Å². The Balaban J connectivity index is 1.46. The monoisotopic (exact) mass is 319 g/mol. The molecule has 2 saturated heterocycles. The zero-order valence-corrected chi connectivity index (χ0v) is 13.2. The number of likely N-dealkylation sites (tertiary alicyclic amines) is 1. The predicted molar refractivity (Wildman–Crippen MR) is 81.5 cm³/mol. The van der Waals surface area contributed by atoms with Gasteiger partial charge in [-0.05, 0) is 30.5 Å². The van der Waals surface area contributed by atoms with Crippen LogP contribution in [0.4, 0.5) is 0 Å². The minimum atomic E-state index is 0.00875. The Morgan fingerprint density at radius 3 is 3.04 bits per heavy atom. The first-order valence-electron chi connectivity index (χ1n) is 8.08. The molecule has 3 atom stereocenters. The molecular weight excluding hydrogens is 298 g/mol. The molecule has 6 heteroatoms. The number of rotatable bonds is 3. The van der Waals surface area contributed by atoms with Crippen molar-refractivity contribution in [2.75, 3.05) is 27.1 Å². The topological polar surface area (TPSA) is 57.2 Å². The van der Waals surface area contributed by atoms with Gasteiger partial charge < -0.3 is 23.8 Å². The predicted octanol–water partition coefficient (Wildman–Crippen LogP) is 1.36. The van der Waals surface area contributed by atoms with Crippen molar-refractivity contribution in [3.63, 3.8) is 0 Å². The zero-order chi connectivity index (χ0) is 15.8. The molecule has 0 aliphatic carbocycles. The summed E-state index contributed by atoms with van der Waals surface area (Å²) < 4.78 is 22.0. The van der Waals surface area contributed by atoms with Crippen molar-refractivity contribution in [1.29, 1.82) is 0 Å². The van der Waals surface area contributed by atoms with E-state index < -0.39 is 0 Å². The molecule has 0 spiro atoms. The molecule has 0 N–H and O–H groups in total. The Hall–Kier alpha value is -1.79. The van der Waals surface area contributed by atoms with Crippen molar-refractivity contribution in [2.45, 2.75) is 37.5 Å². The van der Waals surface area contributed by atoms with Gasteiger partial charge in [-0.25, -0.2) is 0 Å². The van der Waals surface area contributed by atoms with E-state index in [0.717, 1.165) is 36.4 Å². The van der Waals surface area contributed by atoms with Gasteiger partial charge in [0, 0.05) is 20.3 Å². The third-order valence-corrected chi connectivity index (χ3v) is 4.94. The fraction of sp³-hybridized carbons (Fsp3) is 0.588. The van der Waals surface area contributed by atoms with Crippen LogP contribution in [0, 0.1) is 0 Å². The normalized spacial score (nSPS) is 28.7. The SMILES string of the molecule is CO[C@@H]1CCN(C(=O)Cc2ccc3c(c2)OCO3)[C@H]2CCO[C@H]12. The highest BCUT2D eigenvalue weighted by atomic mass is 16.7. The molecular formula is C17H21NO5. The number of methoxy groups -OCH3 is 1. The summed E-state index contributed by atoms with van der Waals surface area (Å²) in [5.41, 5.74) is 0.948. The van der Waals surface area contributed by atoms with Crippen molar-refractivity contribution >= 4 is 5.91 Å². The molecule has 1 aromatic carbocycles. The third kappa shape index (κ3) is 2.66. The lowest BCUT2D eigenvalue weighted by molar-refractivity contribution is -0.142. The van der Waals surface area contributed by atoms with Crippen LogP contribution < -0.4 is 9.47 Å². The maximum absolute atomic E-state index is 12.8. The van der Waals surface area contributed by atoms with Gasteiger partial charge in [-0.1, -0.05) is 6.07 Å². The van der Waals surface area contributed by atoms with Crippen LogP contribution in [-0.2, 0) is 20.7 Å². The van der Waals surface area contributed by atoms with Crippen molar-refractivity contribution in [1.82, 2.24) is 4.90 Å². The van der Waals surface area contributed by atoms with Gasteiger partial charge in [-0.2, -0.15) is 0 Å². The largest absolute Gasteiger partial charge is 0.454 e. The third-order valence-electron chi connectivity index (χ3n) is 4.94. The number of benzene rings is 1. The molecule has 2 fully saturated rings. The minimum Gasteiger partial charge on any atom is -0.454 e. The molecule has 0 bridgehead atoms. The molecule has 0 saturated carbocycles. The summed E-state index contributed by atoms with van der Waals surface area (Å²) in [7, 11) is 1.72. The van der Waals surface area contributed by atoms with Crippen molar-refractivity contribution in [3.8, 4) is 11.5 Å². The molecule has 0 aromatic heterocycles. The van der Waals surface area contributed by atoms with Gasteiger partial charge in [0.15, 0.2) is 11.5 Å². The Kier molecular flexibility index (Phi) is 3.87. The standard InChI is InChI=1S/C17H21NO5/c1-20-14-4-6-18(12-5-7-21-17(12)14)16(19)9-11-2-3-13-15(8-11)23-10-22-13/h2-3,8,12,14,17H,4-7,9-10H2,1H3/t12-,14+,17-/m0/s1. The van der Waals surface area contributed by atoms with Gasteiger partial charge in [0.2, 0.25) is 12.7 Å². The fourth-order valence-electron chi connectivity index (χ4n) is 3.77. The summed E-state index contributed by atoms with van der Waals surface area (Å²) in [5, 5.41) is 0. The molecule has 23 heavy (non-hydrogen) atoms. The minimum absolute atomic E-state index is 0.00875. The number of fused-ring (bicyclic) bond motifs is 2. The average Bonchev–Trinajstić information content (AvgIpc) is 3.22. The molecule has 1 aromatic rings. The molecule has 0 unspecified atom stereocenters. The average molecular weight is 319 g/mol. The molecule has 3 heterocycles. The van der Waals surface area contributed by atoms with Gasteiger partial charge in [0.05, 0.1) is 18.6 Å². The highest BCUT2D eigenvalue weighted by Crippen LogP contribution is 2.34. The fourth-order valence-corrected chi connectivity index (χ4v) is 3.77. The molecule has 3 aliphatic rings. The Labute approximate surface area is 135 Å². The lowest BCUT2D eigenvalue weighted by atomic mass is 9.95. The van der Waals surface area contributed by atoms with Crippen molar-refractivity contribution in [3.05, 3.63) is 23.8 Å². The van der Waals surface area contributed by atoms with Crippen molar-refractivity contribution in [2.24, 2.45) is 0 Å². The van der Waals surface area contributed by atoms with E-state index in [-0.39, 0.29) is 30.9 Å². The van der Waals surface area contributed by atoms with Crippen LogP contribution >= 0.6 is 0 Å². The zero-order valence-electron chi connectivity index (χ0n) is 13.2. The molecule has 3 aliphatic heterocycles. The van der Waals surface area contributed by atoms with Crippen LogP contribution in [0.5, 0.6) is 11.5 Å². The highest BCUT2D eigenvalue weighted by Gasteiger charge is 2.44. The van der Waals surface area contributed by atoms with Crippen LogP contribution in [0.1, 0.15) is 18.4 Å². The maximum Gasteiger partial charge on any atom is 0.231 e. The number of piperidine rings is 1. The Morgan fingerprint density at radius 1 is 1.30 bits per heavy atom. The molecule has 124 valence electrons. The first-order valence-corrected chi connectivity index (χ1v) is 8.08. The summed E-state index contributed by atoms with van der Waals surface area (Å²) in [6.07, 6.45) is 2.19. The molecule has 1 amide bonds. The van der Waals surface area contributed by atoms with E-state index in [1.54, 1.807) is 7.11 Å². The number of hydrogen-bond donors (Lipinski definition) is 0. The van der Waals surface area contributed by atoms with E-state index in [4.69, 9.17) is 18.9 Å². The summed E-state index contributed by atoms with van der Waals surface area (Å²) in [6, 6.07) is 5.82. The van der Waals surface area contributed by atoms with Gasteiger partial charge >= 0.3 is 0 Å². The molecule has 6 nitrogen and oxygen atoms in total. The number of nitrogens with zero attached hydrogens (tertiary/aromatic N) is 1. The summed E-state index contributed by atoms with van der Waals surface area (Å²) >= 11 is 0. The van der Waals surface area contributed by atoms with Crippen LogP contribution in [0.15, 0.2) is 18.2 Å². The van der Waals surface area contributed by atoms with Crippen molar-refractivity contribution < 1.29 is 23.7 Å². The van der Waals surface area contributed by atoms with E-state index in [2.05, 4.69) is 0 Å². The van der Waals surface area contributed by atoms with E-state index in [9.17, 15) is 4.79 Å². The summed E-state index contributed by atoms with van der Waals surface area (Å²) in [6.45, 7) is 1.67. The van der Waals surface area contributed by atoms with Gasteiger partial charge in [-0.15, -0.1) is 0 Å². The van der Waals surface area contributed by atoms with E-state index in [1.165, 1.54) is 0 Å². The lowest BCUT2D eigenvalue weighted by Crippen LogP contribution is -2.55. The number of carbonyl (C=O) groups is 1. The highest BCUT2D eigenvalue weighted by molar-refractivity contribution is 5.79. The number of carbonyl (C=O) groups excluding carboxylic acids is 1. The Bertz CT molecular complexity index is 605. The van der Waals surface area contributed by atoms with Gasteiger partial charge in [0.1, 0.15) is 6.10 Å².